The topological polar surface area (TPSA) is 18.5 Å². The molecule has 0 radical (unpaired) electrons. The van der Waals surface area contributed by atoms with Crippen molar-refractivity contribution in [3.63, 3.8) is 0 Å². The van der Waals surface area contributed by atoms with Crippen LogP contribution in [0.3, 0.4) is 0 Å². The Morgan fingerprint density at radius 2 is 1.80 bits per heavy atom. The van der Waals surface area contributed by atoms with Crippen molar-refractivity contribution in [2.45, 2.75) is 58.0 Å². The number of piperazine rings is 1. The fourth-order valence-corrected chi connectivity index (χ4v) is 4.00. The highest BCUT2D eigenvalue weighted by Gasteiger charge is 2.35. The van der Waals surface area contributed by atoms with Crippen molar-refractivity contribution >= 4 is 0 Å². The largest absolute Gasteiger partial charge is 0.312 e. The first-order valence-electron chi connectivity index (χ1n) is 8.74. The van der Waals surface area contributed by atoms with Gasteiger partial charge in [0.25, 0.3) is 0 Å². The summed E-state index contributed by atoms with van der Waals surface area (Å²) in [5.74, 6) is 1.83. The van der Waals surface area contributed by atoms with Gasteiger partial charge in [-0.3, -0.25) is 4.90 Å². The maximum absolute atomic E-state index is 3.91. The fourth-order valence-electron chi connectivity index (χ4n) is 4.00. The zero-order valence-corrected chi connectivity index (χ0v) is 14.1. The second-order valence-electron chi connectivity index (χ2n) is 7.31. The van der Waals surface area contributed by atoms with Gasteiger partial charge in [-0.05, 0) is 51.7 Å². The normalized spacial score (nSPS) is 35.1. The lowest BCUT2D eigenvalue weighted by Crippen LogP contribution is -2.61. The molecular formula is C17H35N3. The summed E-state index contributed by atoms with van der Waals surface area (Å²) in [4.78, 5) is 5.11. The average Bonchev–Trinajstić information content (AvgIpc) is 2.44. The van der Waals surface area contributed by atoms with E-state index in [4.69, 9.17) is 0 Å². The predicted octanol–water partition coefficient (Wildman–Crippen LogP) is 2.43. The number of nitrogens with one attached hydrogen (secondary N) is 1. The first kappa shape index (κ1) is 16.3. The Balaban J connectivity index is 2.01. The summed E-state index contributed by atoms with van der Waals surface area (Å²) in [6.45, 7) is 9.54. The van der Waals surface area contributed by atoms with E-state index in [9.17, 15) is 0 Å². The Morgan fingerprint density at radius 3 is 2.45 bits per heavy atom. The van der Waals surface area contributed by atoms with Crippen LogP contribution in [0.1, 0.15) is 46.0 Å². The van der Waals surface area contributed by atoms with Gasteiger partial charge in [0.05, 0.1) is 0 Å². The third-order valence-electron chi connectivity index (χ3n) is 5.51. The van der Waals surface area contributed by atoms with Gasteiger partial charge < -0.3 is 10.2 Å². The van der Waals surface area contributed by atoms with Crippen molar-refractivity contribution in [3.05, 3.63) is 0 Å². The van der Waals surface area contributed by atoms with Crippen LogP contribution in [0.5, 0.6) is 0 Å². The third kappa shape index (κ3) is 4.19. The Kier molecular flexibility index (Phi) is 6.31. The van der Waals surface area contributed by atoms with Crippen LogP contribution >= 0.6 is 0 Å². The number of hydrogen-bond acceptors (Lipinski definition) is 3. The molecule has 0 bridgehead atoms. The summed E-state index contributed by atoms with van der Waals surface area (Å²) in [6.07, 6.45) is 6.96. The summed E-state index contributed by atoms with van der Waals surface area (Å²) in [5.41, 5.74) is 0. The molecule has 118 valence electrons. The van der Waals surface area contributed by atoms with Gasteiger partial charge in [0.2, 0.25) is 0 Å². The van der Waals surface area contributed by atoms with Crippen molar-refractivity contribution < 1.29 is 0 Å². The molecule has 2 unspecified atom stereocenters. The molecule has 2 fully saturated rings. The predicted molar refractivity (Wildman–Crippen MR) is 87.1 cm³/mol. The van der Waals surface area contributed by atoms with Gasteiger partial charge >= 0.3 is 0 Å². The lowest BCUT2D eigenvalue weighted by Gasteiger charge is -2.46. The van der Waals surface area contributed by atoms with Crippen LogP contribution < -0.4 is 5.32 Å². The van der Waals surface area contributed by atoms with Crippen LogP contribution in [-0.2, 0) is 0 Å². The van der Waals surface area contributed by atoms with Crippen LogP contribution in [0.25, 0.3) is 0 Å². The fraction of sp³-hybridized carbons (Fsp3) is 1.00. The minimum atomic E-state index is 0.690. The van der Waals surface area contributed by atoms with Gasteiger partial charge in [0.15, 0.2) is 0 Å². The summed E-state index contributed by atoms with van der Waals surface area (Å²) in [7, 11) is 4.60. The number of rotatable bonds is 5. The Bertz CT molecular complexity index is 273. The molecule has 0 aromatic rings. The zero-order chi connectivity index (χ0) is 14.5. The molecule has 0 aromatic heterocycles. The molecule has 1 N–H and O–H groups in total. The van der Waals surface area contributed by atoms with Gasteiger partial charge in [0, 0.05) is 31.7 Å². The molecule has 2 atom stereocenters. The number of nitrogens with zero attached hydrogens (tertiary/aromatic N) is 2. The average molecular weight is 281 g/mol. The van der Waals surface area contributed by atoms with Gasteiger partial charge in [-0.2, -0.15) is 0 Å². The summed E-state index contributed by atoms with van der Waals surface area (Å²) in [6, 6.07) is 1.38. The monoisotopic (exact) mass is 281 g/mol. The molecule has 0 spiro atoms. The number of likely N-dealkylation sites (N-methyl/N-ethyl adjacent to an activating group) is 2. The van der Waals surface area contributed by atoms with E-state index in [2.05, 4.69) is 43.1 Å². The van der Waals surface area contributed by atoms with Crippen LogP contribution in [0.15, 0.2) is 0 Å². The molecule has 2 aliphatic rings. The van der Waals surface area contributed by atoms with E-state index in [1.807, 2.05) is 0 Å². The summed E-state index contributed by atoms with van der Waals surface area (Å²) in [5, 5.41) is 3.91. The maximum atomic E-state index is 3.91. The maximum Gasteiger partial charge on any atom is 0.0376 e. The second kappa shape index (κ2) is 7.77. The highest BCUT2D eigenvalue weighted by molar-refractivity contribution is 4.94. The molecule has 1 saturated heterocycles. The smallest absolute Gasteiger partial charge is 0.0376 e. The van der Waals surface area contributed by atoms with Crippen LogP contribution in [0, 0.1) is 11.8 Å². The Morgan fingerprint density at radius 1 is 1.10 bits per heavy atom. The van der Waals surface area contributed by atoms with E-state index in [-0.39, 0.29) is 0 Å². The SMILES string of the molecule is CCCNC(C1CCC(C)CC1)C1CN(C)CCN1C. The van der Waals surface area contributed by atoms with Gasteiger partial charge in [-0.1, -0.05) is 26.7 Å². The molecule has 20 heavy (non-hydrogen) atoms. The standard InChI is InChI=1S/C17H35N3/c1-5-10-18-17(15-8-6-14(2)7-9-15)16-13-19(3)11-12-20(16)4/h14-18H,5-13H2,1-4H3. The quantitative estimate of drug-likeness (QED) is 0.835. The number of hydrogen-bond donors (Lipinski definition) is 1. The van der Waals surface area contributed by atoms with Crippen molar-refractivity contribution in [1.29, 1.82) is 0 Å². The van der Waals surface area contributed by atoms with Crippen LogP contribution in [0.2, 0.25) is 0 Å². The Labute approximate surface area is 126 Å². The molecule has 1 aliphatic heterocycles. The highest BCUT2D eigenvalue weighted by atomic mass is 15.3. The molecule has 3 nitrogen and oxygen atoms in total. The summed E-state index contributed by atoms with van der Waals surface area (Å²) < 4.78 is 0. The molecule has 2 rings (SSSR count). The van der Waals surface area contributed by atoms with Crippen molar-refractivity contribution in [2.24, 2.45) is 11.8 Å². The lowest BCUT2D eigenvalue weighted by molar-refractivity contribution is 0.0587. The lowest BCUT2D eigenvalue weighted by atomic mass is 9.76. The van der Waals surface area contributed by atoms with E-state index in [1.165, 1.54) is 58.3 Å². The van der Waals surface area contributed by atoms with E-state index < -0.39 is 0 Å². The zero-order valence-electron chi connectivity index (χ0n) is 14.1. The van der Waals surface area contributed by atoms with Gasteiger partial charge in [-0.15, -0.1) is 0 Å². The van der Waals surface area contributed by atoms with Gasteiger partial charge in [0.1, 0.15) is 0 Å². The van der Waals surface area contributed by atoms with Crippen LogP contribution in [0.4, 0.5) is 0 Å². The molecule has 3 heteroatoms. The minimum Gasteiger partial charge on any atom is -0.312 e. The molecule has 1 aliphatic carbocycles. The van der Waals surface area contributed by atoms with Crippen LogP contribution in [-0.4, -0.2) is 62.2 Å². The molecule has 1 saturated carbocycles. The molecular weight excluding hydrogens is 246 g/mol. The second-order valence-corrected chi connectivity index (χ2v) is 7.31. The highest BCUT2D eigenvalue weighted by Crippen LogP contribution is 2.32. The first-order chi connectivity index (χ1) is 9.61. The molecule has 1 heterocycles. The van der Waals surface area contributed by atoms with Gasteiger partial charge in [-0.25, -0.2) is 0 Å². The third-order valence-corrected chi connectivity index (χ3v) is 5.51. The van der Waals surface area contributed by atoms with E-state index in [0.717, 1.165) is 11.8 Å². The van der Waals surface area contributed by atoms with Crippen molar-refractivity contribution in [1.82, 2.24) is 15.1 Å². The minimum absolute atomic E-state index is 0.690. The van der Waals surface area contributed by atoms with Crippen molar-refractivity contribution in [2.75, 3.05) is 40.3 Å². The van der Waals surface area contributed by atoms with Crippen molar-refractivity contribution in [3.8, 4) is 0 Å². The summed E-state index contributed by atoms with van der Waals surface area (Å²) >= 11 is 0. The molecule has 0 aromatic carbocycles. The van der Waals surface area contributed by atoms with E-state index in [0.29, 0.717) is 12.1 Å². The van der Waals surface area contributed by atoms with E-state index in [1.54, 1.807) is 0 Å². The Hall–Kier alpha value is -0.120. The first-order valence-corrected chi connectivity index (χ1v) is 8.74. The molecule has 0 amide bonds. The van der Waals surface area contributed by atoms with E-state index >= 15 is 0 Å².